The minimum atomic E-state index is -0.411. The molecule has 0 saturated heterocycles. The van der Waals surface area contributed by atoms with E-state index in [1.165, 1.54) is 7.11 Å². The summed E-state index contributed by atoms with van der Waals surface area (Å²) in [6.07, 6.45) is 2.24. The van der Waals surface area contributed by atoms with Crippen molar-refractivity contribution in [2.75, 3.05) is 118 Å². The third kappa shape index (κ3) is 21.5. The fraction of sp³-hybridized carbons (Fsp3) is 0.714. The number of esters is 2. The second-order valence-corrected chi connectivity index (χ2v) is 8.30. The van der Waals surface area contributed by atoms with E-state index >= 15 is 0 Å². The number of ether oxygens (including phenoxy) is 9. The number of carbonyl (C=O) groups is 2. The first-order valence-corrected chi connectivity index (χ1v) is 13.8. The van der Waals surface area contributed by atoms with Crippen molar-refractivity contribution in [3.63, 3.8) is 0 Å². The average molecular weight is 574 g/mol. The molecule has 0 atom stereocenters. The molecular formula is C28H47NO11. The zero-order valence-electron chi connectivity index (χ0n) is 24.0. The summed E-state index contributed by atoms with van der Waals surface area (Å²) in [7, 11) is 1.31. The molecule has 12 heteroatoms. The van der Waals surface area contributed by atoms with Crippen molar-refractivity contribution < 1.29 is 52.2 Å². The lowest BCUT2D eigenvalue weighted by atomic mass is 10.2. The number of benzene rings is 1. The van der Waals surface area contributed by atoms with Crippen molar-refractivity contribution in [2.24, 2.45) is 0 Å². The van der Waals surface area contributed by atoms with E-state index < -0.39 is 5.97 Å². The van der Waals surface area contributed by atoms with Gasteiger partial charge in [-0.15, -0.1) is 0 Å². The molecule has 1 aromatic carbocycles. The lowest BCUT2D eigenvalue weighted by molar-refractivity contribution is -0.146. The van der Waals surface area contributed by atoms with Crippen LogP contribution in [0.25, 0.3) is 0 Å². The van der Waals surface area contributed by atoms with E-state index in [0.29, 0.717) is 91.5 Å². The Morgan fingerprint density at radius 2 is 1.05 bits per heavy atom. The van der Waals surface area contributed by atoms with Crippen molar-refractivity contribution in [1.82, 2.24) is 0 Å². The molecule has 0 heterocycles. The summed E-state index contributed by atoms with van der Waals surface area (Å²) in [5, 5.41) is 3.31. The minimum absolute atomic E-state index is 0.0740. The molecule has 0 amide bonds. The molecular weight excluding hydrogens is 526 g/mol. The Kier molecular flexibility index (Phi) is 24.0. The maximum Gasteiger partial charge on any atom is 0.338 e. The fourth-order valence-corrected chi connectivity index (χ4v) is 2.94. The maximum absolute atomic E-state index is 12.1. The predicted molar refractivity (Wildman–Crippen MR) is 148 cm³/mol. The SMILES string of the molecule is CCCCNc1ccc(C(=O)OCCOCCOCCOCCOCCOCCOCCOCC(=O)OC)cc1. The number of anilines is 1. The lowest BCUT2D eigenvalue weighted by Crippen LogP contribution is -2.16. The van der Waals surface area contributed by atoms with Crippen LogP contribution in [0.5, 0.6) is 0 Å². The summed E-state index contributed by atoms with van der Waals surface area (Å²) < 4.78 is 47.2. The number of methoxy groups -OCH3 is 1. The van der Waals surface area contributed by atoms with Crippen LogP contribution in [0.4, 0.5) is 5.69 Å². The van der Waals surface area contributed by atoms with Crippen LogP contribution in [-0.4, -0.2) is 125 Å². The van der Waals surface area contributed by atoms with Crippen molar-refractivity contribution in [3.05, 3.63) is 29.8 Å². The summed E-state index contributed by atoms with van der Waals surface area (Å²) in [6, 6.07) is 7.27. The van der Waals surface area contributed by atoms with Gasteiger partial charge in [0, 0.05) is 12.2 Å². The van der Waals surface area contributed by atoms with Gasteiger partial charge in [0.15, 0.2) is 0 Å². The number of hydrogen-bond donors (Lipinski definition) is 1. The van der Waals surface area contributed by atoms with E-state index in [1.807, 2.05) is 12.1 Å². The van der Waals surface area contributed by atoms with Gasteiger partial charge in [0.1, 0.15) is 13.2 Å². The van der Waals surface area contributed by atoms with Gasteiger partial charge in [-0.05, 0) is 30.7 Å². The fourth-order valence-electron chi connectivity index (χ4n) is 2.94. The molecule has 0 radical (unpaired) electrons. The van der Waals surface area contributed by atoms with Crippen LogP contribution >= 0.6 is 0 Å². The molecule has 40 heavy (non-hydrogen) atoms. The molecule has 0 unspecified atom stereocenters. The van der Waals surface area contributed by atoms with E-state index in [4.69, 9.17) is 37.9 Å². The second kappa shape index (κ2) is 26.9. The van der Waals surface area contributed by atoms with E-state index in [9.17, 15) is 9.59 Å². The van der Waals surface area contributed by atoms with Crippen LogP contribution in [0.15, 0.2) is 24.3 Å². The first kappa shape index (κ1) is 35.7. The van der Waals surface area contributed by atoms with Gasteiger partial charge in [-0.3, -0.25) is 0 Å². The molecule has 0 aliphatic carbocycles. The standard InChI is InChI=1S/C28H47NO11/c1-3-4-9-29-26-7-5-25(6-8-26)28(31)40-23-22-38-19-18-36-15-14-34-11-10-33-12-13-35-16-17-37-20-21-39-24-27(30)32-2/h5-8,29H,3-4,9-24H2,1-2H3. The van der Waals surface area contributed by atoms with Crippen LogP contribution in [0.1, 0.15) is 30.1 Å². The normalized spacial score (nSPS) is 10.9. The van der Waals surface area contributed by atoms with Crippen LogP contribution < -0.4 is 5.32 Å². The molecule has 1 rings (SSSR count). The molecule has 12 nitrogen and oxygen atoms in total. The first-order chi connectivity index (χ1) is 19.7. The van der Waals surface area contributed by atoms with Gasteiger partial charge in [-0.1, -0.05) is 13.3 Å². The average Bonchev–Trinajstić information content (AvgIpc) is 2.97. The van der Waals surface area contributed by atoms with Gasteiger partial charge in [-0.2, -0.15) is 0 Å². The Labute approximate surface area is 237 Å². The Bertz CT molecular complexity index is 733. The molecule has 0 aliphatic rings. The monoisotopic (exact) mass is 573 g/mol. The first-order valence-electron chi connectivity index (χ1n) is 13.8. The third-order valence-corrected chi connectivity index (χ3v) is 5.12. The number of rotatable bonds is 28. The largest absolute Gasteiger partial charge is 0.467 e. The van der Waals surface area contributed by atoms with Gasteiger partial charge in [0.2, 0.25) is 0 Å². The highest BCUT2D eigenvalue weighted by Crippen LogP contribution is 2.10. The highest BCUT2D eigenvalue weighted by atomic mass is 16.6. The number of unbranched alkanes of at least 4 members (excludes halogenated alkanes) is 1. The quantitative estimate of drug-likeness (QED) is 0.117. The van der Waals surface area contributed by atoms with Crippen LogP contribution in [0.3, 0.4) is 0 Å². The van der Waals surface area contributed by atoms with Crippen LogP contribution in [0.2, 0.25) is 0 Å². The summed E-state index contributed by atoms with van der Waals surface area (Å²) in [5.41, 5.74) is 1.51. The summed E-state index contributed by atoms with van der Waals surface area (Å²) >= 11 is 0. The van der Waals surface area contributed by atoms with E-state index in [-0.39, 0.29) is 19.2 Å². The van der Waals surface area contributed by atoms with Crippen molar-refractivity contribution in [1.29, 1.82) is 0 Å². The van der Waals surface area contributed by atoms with Crippen molar-refractivity contribution >= 4 is 17.6 Å². The zero-order chi connectivity index (χ0) is 28.9. The summed E-state index contributed by atoms with van der Waals surface area (Å²) in [5.74, 6) is -0.776. The molecule has 0 spiro atoms. The van der Waals surface area contributed by atoms with Crippen molar-refractivity contribution in [2.45, 2.75) is 19.8 Å². The van der Waals surface area contributed by atoms with E-state index in [2.05, 4.69) is 17.0 Å². The van der Waals surface area contributed by atoms with E-state index in [1.54, 1.807) is 12.1 Å². The lowest BCUT2D eigenvalue weighted by Gasteiger charge is -2.09. The topological polar surface area (TPSA) is 129 Å². The molecule has 230 valence electrons. The van der Waals surface area contributed by atoms with Gasteiger partial charge < -0.3 is 47.9 Å². The molecule has 0 aromatic heterocycles. The predicted octanol–water partition coefficient (Wildman–Crippen LogP) is 2.34. The van der Waals surface area contributed by atoms with Gasteiger partial charge in [0.25, 0.3) is 0 Å². The molecule has 1 N–H and O–H groups in total. The number of hydrogen-bond acceptors (Lipinski definition) is 12. The van der Waals surface area contributed by atoms with Gasteiger partial charge >= 0.3 is 11.9 Å². The van der Waals surface area contributed by atoms with Gasteiger partial charge in [0.05, 0.1) is 98.6 Å². The second-order valence-electron chi connectivity index (χ2n) is 8.30. The summed E-state index contributed by atoms with van der Waals surface area (Å²) in [6.45, 7) is 8.73. The molecule has 1 aromatic rings. The van der Waals surface area contributed by atoms with Crippen LogP contribution in [-0.2, 0) is 47.4 Å². The number of carbonyl (C=O) groups excluding carboxylic acids is 2. The Morgan fingerprint density at radius 1 is 0.625 bits per heavy atom. The maximum atomic E-state index is 12.1. The smallest absolute Gasteiger partial charge is 0.338 e. The zero-order valence-corrected chi connectivity index (χ0v) is 24.0. The summed E-state index contributed by atoms with van der Waals surface area (Å²) in [4.78, 5) is 22.9. The van der Waals surface area contributed by atoms with Gasteiger partial charge in [-0.25, -0.2) is 9.59 Å². The Hall–Kier alpha value is -2.32. The molecule has 0 fully saturated rings. The Morgan fingerprint density at radius 3 is 1.48 bits per heavy atom. The Balaban J connectivity index is 1.77. The molecule has 0 saturated carbocycles. The highest BCUT2D eigenvalue weighted by Gasteiger charge is 2.06. The van der Waals surface area contributed by atoms with Crippen molar-refractivity contribution in [3.8, 4) is 0 Å². The number of nitrogens with one attached hydrogen (secondary N) is 1. The minimum Gasteiger partial charge on any atom is -0.467 e. The van der Waals surface area contributed by atoms with E-state index in [0.717, 1.165) is 25.1 Å². The highest BCUT2D eigenvalue weighted by molar-refractivity contribution is 5.89. The third-order valence-electron chi connectivity index (χ3n) is 5.12. The molecule has 0 bridgehead atoms. The van der Waals surface area contributed by atoms with Crippen LogP contribution in [0, 0.1) is 0 Å². The molecule has 0 aliphatic heterocycles.